The van der Waals surface area contributed by atoms with E-state index in [2.05, 4.69) is 65.3 Å². The van der Waals surface area contributed by atoms with Crippen LogP contribution in [0.5, 0.6) is 0 Å². The van der Waals surface area contributed by atoms with Gasteiger partial charge in [0.1, 0.15) is 0 Å². The molecule has 0 bridgehead atoms. The average molecular weight is 295 g/mol. The van der Waals surface area contributed by atoms with E-state index in [4.69, 9.17) is 5.73 Å². The Hall–Kier alpha value is -1.84. The van der Waals surface area contributed by atoms with Crippen LogP contribution in [0.15, 0.2) is 48.5 Å². The Labute approximate surface area is 133 Å². The fourth-order valence-electron chi connectivity index (χ4n) is 3.11. The molecule has 3 heteroatoms. The van der Waals surface area contributed by atoms with Crippen LogP contribution >= 0.6 is 0 Å². The Kier molecular flexibility index (Phi) is 4.76. The molecule has 2 aromatic rings. The molecule has 3 rings (SSSR count). The summed E-state index contributed by atoms with van der Waals surface area (Å²) in [5, 5.41) is 0. The van der Waals surface area contributed by atoms with Gasteiger partial charge in [-0.05, 0) is 30.2 Å². The van der Waals surface area contributed by atoms with Crippen molar-refractivity contribution in [3.63, 3.8) is 0 Å². The standard InChI is InChI=1S/C19H25N3/c1-16-4-2-6-18(12-16)15-21-8-10-22(11-9-21)19-7-3-5-17(13-19)14-20/h2-7,12-13H,8-11,14-15,20H2,1H3. The molecule has 0 spiro atoms. The average Bonchev–Trinajstić information content (AvgIpc) is 2.56. The number of nitrogens with zero attached hydrogens (tertiary/aromatic N) is 2. The first kappa shape index (κ1) is 15.1. The second kappa shape index (κ2) is 6.95. The minimum atomic E-state index is 0.612. The van der Waals surface area contributed by atoms with Crippen molar-refractivity contribution in [1.82, 2.24) is 4.90 Å². The van der Waals surface area contributed by atoms with Crippen molar-refractivity contribution in [2.45, 2.75) is 20.0 Å². The maximum absolute atomic E-state index is 5.74. The summed E-state index contributed by atoms with van der Waals surface area (Å²) in [7, 11) is 0. The first-order chi connectivity index (χ1) is 10.7. The van der Waals surface area contributed by atoms with Gasteiger partial charge in [0.05, 0.1) is 0 Å². The molecule has 0 radical (unpaired) electrons. The zero-order valence-electron chi connectivity index (χ0n) is 13.3. The topological polar surface area (TPSA) is 32.5 Å². The van der Waals surface area contributed by atoms with E-state index in [9.17, 15) is 0 Å². The number of hydrogen-bond donors (Lipinski definition) is 1. The van der Waals surface area contributed by atoms with Gasteiger partial charge in [-0.2, -0.15) is 0 Å². The van der Waals surface area contributed by atoms with E-state index in [1.807, 2.05) is 0 Å². The molecule has 0 aromatic heterocycles. The molecule has 22 heavy (non-hydrogen) atoms. The van der Waals surface area contributed by atoms with Crippen molar-refractivity contribution < 1.29 is 0 Å². The zero-order chi connectivity index (χ0) is 15.4. The molecule has 2 aromatic carbocycles. The van der Waals surface area contributed by atoms with Crippen molar-refractivity contribution >= 4 is 5.69 Å². The molecule has 2 N–H and O–H groups in total. The molecule has 1 fully saturated rings. The van der Waals surface area contributed by atoms with E-state index < -0.39 is 0 Å². The summed E-state index contributed by atoms with van der Waals surface area (Å²) in [5.41, 5.74) is 11.0. The minimum absolute atomic E-state index is 0.612. The second-order valence-electron chi connectivity index (χ2n) is 6.13. The van der Waals surface area contributed by atoms with Crippen LogP contribution < -0.4 is 10.6 Å². The van der Waals surface area contributed by atoms with E-state index >= 15 is 0 Å². The zero-order valence-corrected chi connectivity index (χ0v) is 13.3. The van der Waals surface area contributed by atoms with E-state index in [1.54, 1.807) is 0 Å². The summed E-state index contributed by atoms with van der Waals surface area (Å²) in [6, 6.07) is 17.4. The fourth-order valence-corrected chi connectivity index (χ4v) is 3.11. The molecular formula is C19H25N3. The van der Waals surface area contributed by atoms with Crippen LogP contribution in [0.25, 0.3) is 0 Å². The second-order valence-corrected chi connectivity index (χ2v) is 6.13. The molecule has 0 aliphatic carbocycles. The summed E-state index contributed by atoms with van der Waals surface area (Å²) in [6.07, 6.45) is 0. The molecule has 0 atom stereocenters. The number of nitrogens with two attached hydrogens (primary N) is 1. The van der Waals surface area contributed by atoms with Gasteiger partial charge in [0, 0.05) is 45.0 Å². The first-order valence-corrected chi connectivity index (χ1v) is 8.06. The fraction of sp³-hybridized carbons (Fsp3) is 0.368. The lowest BCUT2D eigenvalue weighted by atomic mass is 10.1. The number of benzene rings is 2. The van der Waals surface area contributed by atoms with Crippen LogP contribution in [-0.4, -0.2) is 31.1 Å². The van der Waals surface area contributed by atoms with Crippen LogP contribution in [0.3, 0.4) is 0 Å². The van der Waals surface area contributed by atoms with Gasteiger partial charge in [0.25, 0.3) is 0 Å². The van der Waals surface area contributed by atoms with Crippen LogP contribution in [0, 0.1) is 6.92 Å². The molecule has 1 aliphatic rings. The van der Waals surface area contributed by atoms with Crippen LogP contribution in [0.2, 0.25) is 0 Å². The third-order valence-corrected chi connectivity index (χ3v) is 4.37. The molecule has 0 amide bonds. The van der Waals surface area contributed by atoms with E-state index in [-0.39, 0.29) is 0 Å². The lowest BCUT2D eigenvalue weighted by Crippen LogP contribution is -2.46. The third kappa shape index (κ3) is 3.67. The number of anilines is 1. The van der Waals surface area contributed by atoms with Gasteiger partial charge in [-0.15, -0.1) is 0 Å². The van der Waals surface area contributed by atoms with Crippen molar-refractivity contribution in [2.75, 3.05) is 31.1 Å². The lowest BCUT2D eigenvalue weighted by Gasteiger charge is -2.36. The van der Waals surface area contributed by atoms with E-state index in [1.165, 1.54) is 22.4 Å². The van der Waals surface area contributed by atoms with Crippen molar-refractivity contribution in [1.29, 1.82) is 0 Å². The maximum Gasteiger partial charge on any atom is 0.0370 e. The number of piperazine rings is 1. The summed E-state index contributed by atoms with van der Waals surface area (Å²) >= 11 is 0. The maximum atomic E-state index is 5.74. The predicted molar refractivity (Wildman–Crippen MR) is 93.0 cm³/mol. The summed E-state index contributed by atoms with van der Waals surface area (Å²) < 4.78 is 0. The van der Waals surface area contributed by atoms with Gasteiger partial charge in [0.15, 0.2) is 0 Å². The molecule has 0 saturated carbocycles. The molecule has 1 heterocycles. The SMILES string of the molecule is Cc1cccc(CN2CCN(c3cccc(CN)c3)CC2)c1. The molecular weight excluding hydrogens is 270 g/mol. The Balaban J connectivity index is 1.58. The highest BCUT2D eigenvalue weighted by Gasteiger charge is 2.17. The molecule has 1 saturated heterocycles. The van der Waals surface area contributed by atoms with Gasteiger partial charge in [-0.3, -0.25) is 4.90 Å². The monoisotopic (exact) mass is 295 g/mol. The molecule has 1 aliphatic heterocycles. The molecule has 3 nitrogen and oxygen atoms in total. The van der Waals surface area contributed by atoms with Crippen molar-refractivity contribution in [3.8, 4) is 0 Å². The molecule has 116 valence electrons. The Bertz CT molecular complexity index is 616. The summed E-state index contributed by atoms with van der Waals surface area (Å²) in [5.74, 6) is 0. The smallest absolute Gasteiger partial charge is 0.0370 e. The van der Waals surface area contributed by atoms with Gasteiger partial charge in [-0.25, -0.2) is 0 Å². The van der Waals surface area contributed by atoms with Gasteiger partial charge in [0.2, 0.25) is 0 Å². The Morgan fingerprint density at radius 3 is 2.36 bits per heavy atom. The molecule has 0 unspecified atom stereocenters. The summed E-state index contributed by atoms with van der Waals surface area (Å²) in [4.78, 5) is 5.00. The first-order valence-electron chi connectivity index (χ1n) is 8.06. The summed E-state index contributed by atoms with van der Waals surface area (Å²) in [6.45, 7) is 8.21. The van der Waals surface area contributed by atoms with Gasteiger partial charge in [-0.1, -0.05) is 42.0 Å². The highest BCUT2D eigenvalue weighted by atomic mass is 15.3. The van der Waals surface area contributed by atoms with Gasteiger partial charge < -0.3 is 10.6 Å². The van der Waals surface area contributed by atoms with Crippen molar-refractivity contribution in [2.24, 2.45) is 5.73 Å². The van der Waals surface area contributed by atoms with Crippen LogP contribution in [0.4, 0.5) is 5.69 Å². The third-order valence-electron chi connectivity index (χ3n) is 4.37. The van der Waals surface area contributed by atoms with Crippen LogP contribution in [-0.2, 0) is 13.1 Å². The number of aryl methyl sites for hydroxylation is 1. The highest BCUT2D eigenvalue weighted by molar-refractivity contribution is 5.49. The quantitative estimate of drug-likeness (QED) is 0.941. The van der Waals surface area contributed by atoms with Gasteiger partial charge >= 0.3 is 0 Å². The largest absolute Gasteiger partial charge is 0.369 e. The number of hydrogen-bond acceptors (Lipinski definition) is 3. The predicted octanol–water partition coefficient (Wildman–Crippen LogP) is 2.78. The van der Waals surface area contributed by atoms with Crippen LogP contribution in [0.1, 0.15) is 16.7 Å². The Morgan fingerprint density at radius 1 is 0.909 bits per heavy atom. The minimum Gasteiger partial charge on any atom is -0.369 e. The van der Waals surface area contributed by atoms with E-state index in [0.29, 0.717) is 6.54 Å². The van der Waals surface area contributed by atoms with Crippen molar-refractivity contribution in [3.05, 3.63) is 65.2 Å². The lowest BCUT2D eigenvalue weighted by molar-refractivity contribution is 0.250. The van der Waals surface area contributed by atoms with E-state index in [0.717, 1.165) is 32.7 Å². The Morgan fingerprint density at radius 2 is 1.64 bits per heavy atom. The highest BCUT2D eigenvalue weighted by Crippen LogP contribution is 2.19. The number of rotatable bonds is 4. The normalized spacial score (nSPS) is 16.0.